The molecular weight excluding hydrogens is 294 g/mol. The third-order valence-electron chi connectivity index (χ3n) is 3.13. The van der Waals surface area contributed by atoms with Gasteiger partial charge < -0.3 is 9.72 Å². The molecule has 0 fully saturated rings. The second kappa shape index (κ2) is 5.49. The summed E-state index contributed by atoms with van der Waals surface area (Å²) in [4.78, 5) is 26.4. The van der Waals surface area contributed by atoms with E-state index in [1.807, 2.05) is 0 Å². The molecule has 2 amide bonds. The molecule has 0 spiro atoms. The van der Waals surface area contributed by atoms with E-state index in [9.17, 15) is 9.59 Å². The fraction of sp³-hybridized carbons (Fsp3) is 0.143. The Hall–Kier alpha value is -2.47. The van der Waals surface area contributed by atoms with Gasteiger partial charge in [0.2, 0.25) is 0 Å². The highest BCUT2D eigenvalue weighted by Crippen LogP contribution is 2.30. The smallest absolute Gasteiger partial charge is 0.286 e. The summed E-state index contributed by atoms with van der Waals surface area (Å²) in [5, 5.41) is 0.596. The lowest BCUT2D eigenvalue weighted by Crippen LogP contribution is -2.47. The fourth-order valence-electron chi connectivity index (χ4n) is 2.10. The Balaban J connectivity index is 1.57. The summed E-state index contributed by atoms with van der Waals surface area (Å²) in [5.41, 5.74) is 5.90. The Morgan fingerprint density at radius 1 is 1.29 bits per heavy atom. The maximum absolute atomic E-state index is 12.0. The van der Waals surface area contributed by atoms with Crippen molar-refractivity contribution < 1.29 is 14.3 Å². The highest BCUT2D eigenvalue weighted by molar-refractivity contribution is 6.30. The van der Waals surface area contributed by atoms with Crippen LogP contribution in [-0.4, -0.2) is 22.9 Å². The number of hydrazine groups is 1. The predicted octanol–water partition coefficient (Wildman–Crippen LogP) is 1.43. The number of ether oxygens (including phenoxy) is 1. The molecule has 2 aromatic rings. The second-order valence-corrected chi connectivity index (χ2v) is 5.03. The molecule has 0 aliphatic carbocycles. The Kier molecular flexibility index (Phi) is 3.53. The van der Waals surface area contributed by atoms with Crippen molar-refractivity contribution in [2.45, 2.75) is 12.5 Å². The predicted molar refractivity (Wildman–Crippen MR) is 76.0 cm³/mol. The number of halogens is 1. The van der Waals surface area contributed by atoms with Crippen LogP contribution < -0.4 is 15.6 Å². The monoisotopic (exact) mass is 305 g/mol. The molecule has 7 heteroatoms. The lowest BCUT2D eigenvalue weighted by Gasteiger charge is -2.11. The van der Waals surface area contributed by atoms with Gasteiger partial charge in [0.05, 0.1) is 0 Å². The largest absolute Gasteiger partial charge is 0.480 e. The molecule has 1 aromatic heterocycles. The first-order valence-corrected chi connectivity index (χ1v) is 6.70. The van der Waals surface area contributed by atoms with Crippen LogP contribution in [0.15, 0.2) is 36.5 Å². The molecule has 0 radical (unpaired) electrons. The van der Waals surface area contributed by atoms with Crippen molar-refractivity contribution in [3.05, 3.63) is 52.8 Å². The molecule has 3 rings (SSSR count). The minimum atomic E-state index is -0.678. The number of fused-ring (bicyclic) bond motifs is 1. The van der Waals surface area contributed by atoms with Crippen LogP contribution in [0.2, 0.25) is 5.02 Å². The molecule has 0 bridgehead atoms. The van der Waals surface area contributed by atoms with Crippen molar-refractivity contribution in [1.82, 2.24) is 15.8 Å². The van der Waals surface area contributed by atoms with Crippen LogP contribution in [-0.2, 0) is 11.2 Å². The van der Waals surface area contributed by atoms with Crippen molar-refractivity contribution in [2.24, 2.45) is 0 Å². The van der Waals surface area contributed by atoms with Crippen LogP contribution in [0.4, 0.5) is 0 Å². The van der Waals surface area contributed by atoms with E-state index in [-0.39, 0.29) is 0 Å². The number of hydrogen-bond acceptors (Lipinski definition) is 3. The van der Waals surface area contributed by atoms with E-state index in [2.05, 4.69) is 15.8 Å². The van der Waals surface area contributed by atoms with Crippen molar-refractivity contribution >= 4 is 23.4 Å². The molecule has 1 atom stereocenters. The van der Waals surface area contributed by atoms with Gasteiger partial charge in [0, 0.05) is 17.6 Å². The highest BCUT2D eigenvalue weighted by Gasteiger charge is 2.29. The summed E-state index contributed by atoms with van der Waals surface area (Å²) < 4.78 is 5.52. The van der Waals surface area contributed by atoms with E-state index in [0.717, 1.165) is 5.56 Å². The highest BCUT2D eigenvalue weighted by atomic mass is 35.5. The number of nitrogens with one attached hydrogen (secondary N) is 3. The molecule has 1 unspecified atom stereocenters. The summed E-state index contributed by atoms with van der Waals surface area (Å²) >= 11 is 5.89. The van der Waals surface area contributed by atoms with Crippen LogP contribution in [0, 0.1) is 0 Å². The molecule has 1 aromatic carbocycles. The van der Waals surface area contributed by atoms with Gasteiger partial charge in [0.1, 0.15) is 11.4 Å². The van der Waals surface area contributed by atoms with E-state index in [1.165, 1.54) is 0 Å². The van der Waals surface area contributed by atoms with Crippen molar-refractivity contribution in [3.8, 4) is 5.75 Å². The maximum atomic E-state index is 12.0. The number of aromatic nitrogens is 1. The second-order valence-electron chi connectivity index (χ2n) is 4.59. The molecule has 108 valence electrons. The summed E-state index contributed by atoms with van der Waals surface area (Å²) in [7, 11) is 0. The number of carbonyl (C=O) groups is 2. The molecule has 0 saturated carbocycles. The summed E-state index contributed by atoms with van der Waals surface area (Å²) in [6.45, 7) is 0. The number of rotatable bonds is 2. The molecule has 1 aliphatic heterocycles. The summed E-state index contributed by atoms with van der Waals surface area (Å²) in [6.07, 6.45) is 1.36. The van der Waals surface area contributed by atoms with Crippen LogP contribution in [0.1, 0.15) is 16.1 Å². The standard InChI is InChI=1S/C14H12ClN3O3/c15-9-3-4-11-8(6-9)7-12(21-11)14(20)18-17-13(19)10-2-1-5-16-10/h1-6,12,16H,7H2,(H,17,19)(H,18,20). The normalized spacial score (nSPS) is 16.0. The maximum Gasteiger partial charge on any atom is 0.286 e. The van der Waals surface area contributed by atoms with Gasteiger partial charge in [-0.15, -0.1) is 0 Å². The number of aromatic amines is 1. The Morgan fingerprint density at radius 2 is 2.14 bits per heavy atom. The van der Waals surface area contributed by atoms with E-state index < -0.39 is 17.9 Å². The molecule has 3 N–H and O–H groups in total. The summed E-state index contributed by atoms with van der Waals surface area (Å²) in [6, 6.07) is 8.49. The van der Waals surface area contributed by atoms with Crippen molar-refractivity contribution in [2.75, 3.05) is 0 Å². The minimum Gasteiger partial charge on any atom is -0.480 e. The lowest BCUT2D eigenvalue weighted by atomic mass is 10.1. The Bertz CT molecular complexity index is 685. The third kappa shape index (κ3) is 2.85. The first-order valence-electron chi connectivity index (χ1n) is 6.32. The molecule has 2 heterocycles. The van der Waals surface area contributed by atoms with E-state index in [1.54, 1.807) is 36.5 Å². The third-order valence-corrected chi connectivity index (χ3v) is 3.37. The zero-order valence-corrected chi connectivity index (χ0v) is 11.6. The number of hydrogen-bond donors (Lipinski definition) is 3. The van der Waals surface area contributed by atoms with Gasteiger partial charge in [-0.05, 0) is 35.9 Å². The van der Waals surface area contributed by atoms with E-state index >= 15 is 0 Å². The fourth-order valence-corrected chi connectivity index (χ4v) is 2.30. The van der Waals surface area contributed by atoms with Gasteiger partial charge >= 0.3 is 0 Å². The SMILES string of the molecule is O=C(NNC(=O)C1Cc2cc(Cl)ccc2O1)c1ccc[nH]1. The average molecular weight is 306 g/mol. The van der Waals surface area contributed by atoms with Gasteiger partial charge in [0.15, 0.2) is 6.10 Å². The number of carbonyl (C=O) groups excluding carboxylic acids is 2. The molecular formula is C14H12ClN3O3. The van der Waals surface area contributed by atoms with Crippen LogP contribution in [0.3, 0.4) is 0 Å². The summed E-state index contributed by atoms with van der Waals surface area (Å²) in [5.74, 6) is -0.204. The van der Waals surface area contributed by atoms with E-state index in [0.29, 0.717) is 22.9 Å². The van der Waals surface area contributed by atoms with Crippen molar-refractivity contribution in [1.29, 1.82) is 0 Å². The first kappa shape index (κ1) is 13.5. The van der Waals surface area contributed by atoms with Gasteiger partial charge in [-0.1, -0.05) is 11.6 Å². The van der Waals surface area contributed by atoms with Crippen LogP contribution >= 0.6 is 11.6 Å². The average Bonchev–Trinajstić information content (AvgIpc) is 3.12. The van der Waals surface area contributed by atoms with Gasteiger partial charge in [-0.25, -0.2) is 0 Å². The van der Waals surface area contributed by atoms with Crippen LogP contribution in [0.5, 0.6) is 5.75 Å². The number of benzene rings is 1. The zero-order valence-electron chi connectivity index (χ0n) is 10.9. The molecule has 6 nitrogen and oxygen atoms in total. The van der Waals surface area contributed by atoms with Gasteiger partial charge in [0.25, 0.3) is 11.8 Å². The zero-order chi connectivity index (χ0) is 14.8. The number of H-pyrrole nitrogens is 1. The molecule has 0 saturated heterocycles. The van der Waals surface area contributed by atoms with Gasteiger partial charge in [-0.3, -0.25) is 20.4 Å². The number of amides is 2. The van der Waals surface area contributed by atoms with E-state index in [4.69, 9.17) is 16.3 Å². The Morgan fingerprint density at radius 3 is 2.90 bits per heavy atom. The molecule has 1 aliphatic rings. The topological polar surface area (TPSA) is 83.2 Å². The first-order chi connectivity index (χ1) is 10.1. The molecule has 21 heavy (non-hydrogen) atoms. The Labute approximate surface area is 125 Å². The quantitative estimate of drug-likeness (QED) is 0.734. The van der Waals surface area contributed by atoms with Crippen LogP contribution in [0.25, 0.3) is 0 Å². The van der Waals surface area contributed by atoms with Gasteiger partial charge in [-0.2, -0.15) is 0 Å². The van der Waals surface area contributed by atoms with Crippen molar-refractivity contribution in [3.63, 3.8) is 0 Å². The lowest BCUT2D eigenvalue weighted by molar-refractivity contribution is -0.128. The minimum absolute atomic E-state index is 0.359.